The second-order valence-corrected chi connectivity index (χ2v) is 8.63. The van der Waals surface area contributed by atoms with E-state index in [9.17, 15) is 14.4 Å². The lowest BCUT2D eigenvalue weighted by atomic mass is 10.1. The maximum Gasteiger partial charge on any atom is 0.339 e. The van der Waals surface area contributed by atoms with Gasteiger partial charge in [0, 0.05) is 30.4 Å². The molecule has 1 fully saturated rings. The summed E-state index contributed by atoms with van der Waals surface area (Å²) in [6, 6.07) is 4.89. The number of hydrogen-bond acceptors (Lipinski definition) is 8. The predicted molar refractivity (Wildman–Crippen MR) is 124 cm³/mol. The Bertz CT molecular complexity index is 1450. The quantitative estimate of drug-likeness (QED) is 0.326. The fourth-order valence-corrected chi connectivity index (χ4v) is 4.34. The number of H-pyrrole nitrogens is 1. The summed E-state index contributed by atoms with van der Waals surface area (Å²) in [6.07, 6.45) is 3.41. The number of ketones is 1. The molecule has 1 saturated heterocycles. The zero-order valence-electron chi connectivity index (χ0n) is 19.6. The number of ether oxygens (including phenoxy) is 1. The van der Waals surface area contributed by atoms with Crippen LogP contribution in [0.4, 0.5) is 0 Å². The van der Waals surface area contributed by atoms with E-state index < -0.39 is 18.4 Å². The van der Waals surface area contributed by atoms with Crippen molar-refractivity contribution in [1.29, 1.82) is 0 Å². The van der Waals surface area contributed by atoms with E-state index >= 15 is 0 Å². The Kier molecular flexibility index (Phi) is 5.72. The summed E-state index contributed by atoms with van der Waals surface area (Å²) in [6.45, 7) is 6.25. The minimum Gasteiger partial charge on any atom is -0.466 e. The van der Waals surface area contributed by atoms with Gasteiger partial charge in [-0.2, -0.15) is 0 Å². The highest BCUT2D eigenvalue weighted by Crippen LogP contribution is 2.30. The highest BCUT2D eigenvalue weighted by molar-refractivity contribution is 6.06. The van der Waals surface area contributed by atoms with Crippen LogP contribution in [0.3, 0.4) is 0 Å². The van der Waals surface area contributed by atoms with Crippen molar-refractivity contribution in [2.75, 3.05) is 19.7 Å². The van der Waals surface area contributed by atoms with E-state index in [-0.39, 0.29) is 22.7 Å². The highest BCUT2D eigenvalue weighted by atomic mass is 16.5. The van der Waals surface area contributed by atoms with Gasteiger partial charge in [0.15, 0.2) is 6.61 Å². The van der Waals surface area contributed by atoms with Crippen molar-refractivity contribution in [3.05, 3.63) is 58.4 Å². The van der Waals surface area contributed by atoms with Gasteiger partial charge >= 0.3 is 5.97 Å². The number of fused-ring (bicyclic) bond motifs is 1. The van der Waals surface area contributed by atoms with Gasteiger partial charge < -0.3 is 23.6 Å². The number of amides is 1. The van der Waals surface area contributed by atoms with Crippen molar-refractivity contribution < 1.29 is 28.1 Å². The number of carbonyl (C=O) groups is 3. The number of nitrogens with zero attached hydrogens (tertiary/aromatic N) is 3. The smallest absolute Gasteiger partial charge is 0.339 e. The number of esters is 1. The molecule has 0 atom stereocenters. The number of hydrogen-bond donors (Lipinski definition) is 1. The van der Waals surface area contributed by atoms with Crippen LogP contribution in [0.15, 0.2) is 33.3 Å². The molecule has 5 heterocycles. The number of aromatic nitrogens is 3. The number of likely N-dealkylation sites (tertiary alicyclic amines) is 1. The molecule has 1 aliphatic heterocycles. The molecule has 0 saturated carbocycles. The summed E-state index contributed by atoms with van der Waals surface area (Å²) >= 11 is 0. The Morgan fingerprint density at radius 1 is 1.11 bits per heavy atom. The average molecular weight is 476 g/mol. The first kappa shape index (κ1) is 22.6. The number of aryl methyl sites for hydroxylation is 3. The van der Waals surface area contributed by atoms with Gasteiger partial charge in [0.25, 0.3) is 11.6 Å². The molecule has 5 rings (SSSR count). The summed E-state index contributed by atoms with van der Waals surface area (Å²) in [5, 5.41) is 4.34. The van der Waals surface area contributed by atoms with Crippen molar-refractivity contribution in [2.45, 2.75) is 33.6 Å². The Morgan fingerprint density at radius 2 is 1.89 bits per heavy atom. The first-order valence-corrected chi connectivity index (χ1v) is 11.3. The van der Waals surface area contributed by atoms with Gasteiger partial charge in [-0.15, -0.1) is 0 Å². The summed E-state index contributed by atoms with van der Waals surface area (Å²) in [4.78, 5) is 47.3. The van der Waals surface area contributed by atoms with Gasteiger partial charge in [-0.3, -0.25) is 9.59 Å². The second kappa shape index (κ2) is 8.86. The molecule has 0 spiro atoms. The summed E-state index contributed by atoms with van der Waals surface area (Å²) in [5.41, 5.74) is 2.65. The lowest BCUT2D eigenvalue weighted by Gasteiger charge is -2.13. The van der Waals surface area contributed by atoms with Gasteiger partial charge in [0.2, 0.25) is 5.78 Å². The van der Waals surface area contributed by atoms with Crippen LogP contribution in [-0.4, -0.2) is 57.4 Å². The molecule has 0 aromatic carbocycles. The molecule has 1 aliphatic rings. The molecule has 0 aliphatic carbocycles. The second-order valence-electron chi connectivity index (χ2n) is 8.63. The number of rotatable bonds is 6. The molecular formula is C25H24N4O6. The van der Waals surface area contributed by atoms with Gasteiger partial charge in [0.1, 0.15) is 17.2 Å². The number of furan rings is 1. The van der Waals surface area contributed by atoms with Crippen molar-refractivity contribution in [3.63, 3.8) is 0 Å². The number of carbonyl (C=O) groups excluding carboxylic acids is 3. The fraction of sp³-hybridized carbons (Fsp3) is 0.320. The Hall–Kier alpha value is -4.21. The molecular weight excluding hydrogens is 452 g/mol. The van der Waals surface area contributed by atoms with Crippen LogP contribution in [0, 0.1) is 20.8 Å². The lowest BCUT2D eigenvalue weighted by Crippen LogP contribution is -2.27. The molecule has 0 bridgehead atoms. The van der Waals surface area contributed by atoms with E-state index in [1.54, 1.807) is 24.8 Å². The molecule has 35 heavy (non-hydrogen) atoms. The number of pyridine rings is 1. The molecule has 0 unspecified atom stereocenters. The summed E-state index contributed by atoms with van der Waals surface area (Å²) < 4.78 is 16.2. The molecule has 10 nitrogen and oxygen atoms in total. The molecule has 4 aromatic heterocycles. The van der Waals surface area contributed by atoms with Crippen LogP contribution in [0.2, 0.25) is 0 Å². The van der Waals surface area contributed by atoms with Crippen molar-refractivity contribution in [2.24, 2.45) is 0 Å². The standard InChI is InChI=1S/C25H24N4O6/c1-13-8-17(15(3)34-13)19-10-18(22-14(2)28-35-23(22)27-19)25(32)33-12-21(30)16-9-20(26-11-16)24(31)29-6-4-5-7-29/h8-11,26H,4-7,12H2,1-3H3. The highest BCUT2D eigenvalue weighted by Gasteiger charge is 2.24. The van der Waals surface area contributed by atoms with Gasteiger partial charge in [-0.1, -0.05) is 5.16 Å². The van der Waals surface area contributed by atoms with Crippen LogP contribution in [0.25, 0.3) is 22.4 Å². The number of aromatic amines is 1. The molecule has 0 radical (unpaired) electrons. The first-order chi connectivity index (χ1) is 16.8. The van der Waals surface area contributed by atoms with E-state index in [0.29, 0.717) is 52.6 Å². The van der Waals surface area contributed by atoms with E-state index in [2.05, 4.69) is 15.1 Å². The zero-order chi connectivity index (χ0) is 24.7. The third kappa shape index (κ3) is 4.23. The normalized spacial score (nSPS) is 13.5. The first-order valence-electron chi connectivity index (χ1n) is 11.3. The summed E-state index contributed by atoms with van der Waals surface area (Å²) in [5.74, 6) is 0.0748. The molecule has 10 heteroatoms. The maximum atomic E-state index is 13.0. The average Bonchev–Trinajstić information content (AvgIpc) is 3.64. The maximum absolute atomic E-state index is 13.0. The molecule has 1 N–H and O–H groups in total. The number of nitrogens with one attached hydrogen (secondary N) is 1. The molecule has 180 valence electrons. The van der Waals surface area contributed by atoms with E-state index in [0.717, 1.165) is 12.8 Å². The van der Waals surface area contributed by atoms with Crippen LogP contribution < -0.4 is 0 Å². The van der Waals surface area contributed by atoms with Crippen LogP contribution in [-0.2, 0) is 4.74 Å². The molecule has 1 amide bonds. The predicted octanol–water partition coefficient (Wildman–Crippen LogP) is 4.01. The molecule has 4 aromatic rings. The Morgan fingerprint density at radius 3 is 2.60 bits per heavy atom. The largest absolute Gasteiger partial charge is 0.466 e. The topological polar surface area (TPSA) is 132 Å². The van der Waals surface area contributed by atoms with Crippen molar-refractivity contribution in [1.82, 2.24) is 20.0 Å². The van der Waals surface area contributed by atoms with Gasteiger partial charge in [-0.25, -0.2) is 9.78 Å². The Balaban J connectivity index is 1.35. The van der Waals surface area contributed by atoms with E-state index in [4.69, 9.17) is 13.7 Å². The van der Waals surface area contributed by atoms with Crippen LogP contribution in [0.1, 0.15) is 61.3 Å². The van der Waals surface area contributed by atoms with E-state index in [1.165, 1.54) is 12.3 Å². The van der Waals surface area contributed by atoms with Crippen LogP contribution >= 0.6 is 0 Å². The minimum absolute atomic E-state index is 0.141. The van der Waals surface area contributed by atoms with Gasteiger partial charge in [0.05, 0.1) is 22.3 Å². The third-order valence-electron chi connectivity index (χ3n) is 6.12. The third-order valence-corrected chi connectivity index (χ3v) is 6.12. The zero-order valence-corrected chi connectivity index (χ0v) is 19.6. The van der Waals surface area contributed by atoms with Crippen LogP contribution in [0.5, 0.6) is 0 Å². The number of Topliss-reactive ketones (excluding diaryl/α,β-unsaturated/α-hetero) is 1. The lowest BCUT2D eigenvalue weighted by molar-refractivity contribution is 0.0476. The van der Waals surface area contributed by atoms with Crippen molar-refractivity contribution in [3.8, 4) is 11.3 Å². The van der Waals surface area contributed by atoms with E-state index in [1.807, 2.05) is 13.0 Å². The monoisotopic (exact) mass is 476 g/mol. The van der Waals surface area contributed by atoms with Crippen molar-refractivity contribution >= 4 is 28.8 Å². The fourth-order valence-electron chi connectivity index (χ4n) is 4.34. The summed E-state index contributed by atoms with van der Waals surface area (Å²) in [7, 11) is 0. The minimum atomic E-state index is -0.708. The SMILES string of the molecule is Cc1cc(-c2cc(C(=O)OCC(=O)c3c[nH]c(C(=O)N4CCCC4)c3)c3c(C)noc3n2)c(C)o1. The Labute approximate surface area is 200 Å². The van der Waals surface area contributed by atoms with Gasteiger partial charge in [-0.05, 0) is 51.8 Å².